The highest BCUT2D eigenvalue weighted by molar-refractivity contribution is 5.92. The van der Waals surface area contributed by atoms with Gasteiger partial charge in [-0.3, -0.25) is 9.59 Å². The minimum atomic E-state index is -0.285. The third-order valence-corrected chi connectivity index (χ3v) is 5.15. The van der Waals surface area contributed by atoms with Crippen molar-refractivity contribution in [3.63, 3.8) is 0 Å². The van der Waals surface area contributed by atoms with Gasteiger partial charge in [0.05, 0.1) is 13.0 Å². The van der Waals surface area contributed by atoms with E-state index in [0.29, 0.717) is 6.61 Å². The first-order valence-electron chi connectivity index (χ1n) is 11.6. The van der Waals surface area contributed by atoms with Gasteiger partial charge < -0.3 is 10.1 Å². The van der Waals surface area contributed by atoms with E-state index < -0.39 is 0 Å². The Bertz CT molecular complexity index is 554. The maximum Gasteiger partial charge on any atom is 0.306 e. The number of hydrogen-bond acceptors (Lipinski definition) is 3. The standard InChI is InChI=1S/C25H41NO3/c1-3-4-5-6-7-8-9-10-11-12-13-14-21-29-25(28)20-19-24(27)26-23-17-15-22(2)16-18-23/h15-18H,3-14,19-21H2,1-2H3,(H,26,27). The van der Waals surface area contributed by atoms with Crippen LogP contribution in [0.4, 0.5) is 5.69 Å². The summed E-state index contributed by atoms with van der Waals surface area (Å²) in [6.45, 7) is 4.72. The summed E-state index contributed by atoms with van der Waals surface area (Å²) in [6.07, 6.45) is 15.7. The summed E-state index contributed by atoms with van der Waals surface area (Å²) in [5.41, 5.74) is 1.90. The normalized spacial score (nSPS) is 10.7. The van der Waals surface area contributed by atoms with Gasteiger partial charge in [0.25, 0.3) is 0 Å². The van der Waals surface area contributed by atoms with Gasteiger partial charge in [0.1, 0.15) is 0 Å². The molecule has 0 spiro atoms. The molecular weight excluding hydrogens is 362 g/mol. The number of benzene rings is 1. The van der Waals surface area contributed by atoms with Crippen LogP contribution in [0.2, 0.25) is 0 Å². The Labute approximate surface area is 177 Å². The summed E-state index contributed by atoms with van der Waals surface area (Å²) in [5.74, 6) is -0.441. The molecule has 0 heterocycles. The van der Waals surface area contributed by atoms with Gasteiger partial charge >= 0.3 is 5.97 Å². The predicted molar refractivity (Wildman–Crippen MR) is 121 cm³/mol. The molecule has 0 radical (unpaired) electrons. The van der Waals surface area contributed by atoms with E-state index in [1.807, 2.05) is 31.2 Å². The third kappa shape index (κ3) is 14.8. The van der Waals surface area contributed by atoms with Crippen LogP contribution in [0.3, 0.4) is 0 Å². The maximum atomic E-state index is 11.9. The predicted octanol–water partition coefficient (Wildman–Crippen LogP) is 6.96. The van der Waals surface area contributed by atoms with Crippen molar-refractivity contribution in [3.8, 4) is 0 Å². The average Bonchev–Trinajstić information content (AvgIpc) is 2.71. The fourth-order valence-electron chi connectivity index (χ4n) is 3.28. The van der Waals surface area contributed by atoms with Crippen LogP contribution in [0.15, 0.2) is 24.3 Å². The molecule has 1 aromatic carbocycles. The highest BCUT2D eigenvalue weighted by Gasteiger charge is 2.08. The Morgan fingerprint density at radius 2 is 1.28 bits per heavy atom. The fraction of sp³-hybridized carbons (Fsp3) is 0.680. The second-order valence-corrected chi connectivity index (χ2v) is 8.02. The monoisotopic (exact) mass is 403 g/mol. The molecule has 29 heavy (non-hydrogen) atoms. The van der Waals surface area contributed by atoms with Crippen LogP contribution in [-0.2, 0) is 14.3 Å². The zero-order chi connectivity index (χ0) is 21.2. The average molecular weight is 404 g/mol. The molecule has 1 amide bonds. The van der Waals surface area contributed by atoms with Crippen molar-refractivity contribution in [2.24, 2.45) is 0 Å². The Hall–Kier alpha value is -1.84. The smallest absolute Gasteiger partial charge is 0.306 e. The lowest BCUT2D eigenvalue weighted by Gasteiger charge is -2.07. The number of unbranched alkanes of at least 4 members (excludes halogenated alkanes) is 11. The molecule has 4 heteroatoms. The number of amides is 1. The van der Waals surface area contributed by atoms with Crippen LogP contribution >= 0.6 is 0 Å². The second kappa shape index (κ2) is 17.1. The number of carbonyl (C=O) groups is 2. The van der Waals surface area contributed by atoms with Gasteiger partial charge in [-0.2, -0.15) is 0 Å². The van der Waals surface area contributed by atoms with Crippen molar-refractivity contribution in [2.45, 2.75) is 104 Å². The van der Waals surface area contributed by atoms with Gasteiger partial charge in [0.15, 0.2) is 0 Å². The third-order valence-electron chi connectivity index (χ3n) is 5.15. The molecule has 1 N–H and O–H groups in total. The number of esters is 1. The van der Waals surface area contributed by atoms with Crippen molar-refractivity contribution in [1.82, 2.24) is 0 Å². The van der Waals surface area contributed by atoms with Crippen LogP contribution < -0.4 is 5.32 Å². The molecule has 4 nitrogen and oxygen atoms in total. The molecule has 0 aromatic heterocycles. The molecule has 0 bridgehead atoms. The topological polar surface area (TPSA) is 55.4 Å². The molecule has 0 saturated heterocycles. The SMILES string of the molecule is CCCCCCCCCCCCCCOC(=O)CCC(=O)Nc1ccc(C)cc1. The second-order valence-electron chi connectivity index (χ2n) is 8.02. The lowest BCUT2D eigenvalue weighted by Crippen LogP contribution is -2.14. The molecule has 0 aliphatic rings. The first kappa shape index (κ1) is 25.2. The quantitative estimate of drug-likeness (QED) is 0.226. The van der Waals surface area contributed by atoms with Gasteiger partial charge in [0, 0.05) is 12.1 Å². The fourth-order valence-corrected chi connectivity index (χ4v) is 3.28. The summed E-state index contributed by atoms with van der Waals surface area (Å²) >= 11 is 0. The number of carbonyl (C=O) groups excluding carboxylic acids is 2. The van der Waals surface area contributed by atoms with E-state index in [4.69, 9.17) is 4.74 Å². The number of aryl methyl sites for hydroxylation is 1. The maximum absolute atomic E-state index is 11.9. The van der Waals surface area contributed by atoms with Gasteiger partial charge in [-0.25, -0.2) is 0 Å². The number of rotatable bonds is 17. The van der Waals surface area contributed by atoms with Crippen molar-refractivity contribution < 1.29 is 14.3 Å². The van der Waals surface area contributed by atoms with E-state index in [2.05, 4.69) is 12.2 Å². The van der Waals surface area contributed by atoms with E-state index in [1.165, 1.54) is 64.2 Å². The van der Waals surface area contributed by atoms with E-state index in [1.54, 1.807) is 0 Å². The molecule has 1 rings (SSSR count). The Morgan fingerprint density at radius 3 is 1.83 bits per heavy atom. The molecule has 0 aliphatic carbocycles. The lowest BCUT2D eigenvalue weighted by molar-refractivity contribution is -0.144. The van der Waals surface area contributed by atoms with Crippen molar-refractivity contribution in [3.05, 3.63) is 29.8 Å². The highest BCUT2D eigenvalue weighted by atomic mass is 16.5. The van der Waals surface area contributed by atoms with Gasteiger partial charge in [-0.05, 0) is 25.5 Å². The van der Waals surface area contributed by atoms with Crippen LogP contribution in [0, 0.1) is 6.92 Å². The summed E-state index contributed by atoms with van der Waals surface area (Å²) in [4.78, 5) is 23.6. The first-order chi connectivity index (χ1) is 14.1. The van der Waals surface area contributed by atoms with Crippen molar-refractivity contribution in [1.29, 1.82) is 0 Å². The Kier molecular flexibility index (Phi) is 14.8. The highest BCUT2D eigenvalue weighted by Crippen LogP contribution is 2.12. The summed E-state index contributed by atoms with van der Waals surface area (Å²) < 4.78 is 5.23. The molecule has 0 unspecified atom stereocenters. The van der Waals surface area contributed by atoms with E-state index in [9.17, 15) is 9.59 Å². The number of nitrogens with one attached hydrogen (secondary N) is 1. The van der Waals surface area contributed by atoms with Gasteiger partial charge in [-0.1, -0.05) is 95.2 Å². The molecular formula is C25H41NO3. The van der Waals surface area contributed by atoms with Crippen molar-refractivity contribution in [2.75, 3.05) is 11.9 Å². The van der Waals surface area contributed by atoms with Crippen LogP contribution in [-0.4, -0.2) is 18.5 Å². The molecule has 0 aliphatic heterocycles. The Balaban J connectivity index is 1.89. The Morgan fingerprint density at radius 1 is 0.759 bits per heavy atom. The minimum absolute atomic E-state index is 0.135. The lowest BCUT2D eigenvalue weighted by atomic mass is 10.1. The van der Waals surface area contributed by atoms with Gasteiger partial charge in [-0.15, -0.1) is 0 Å². The van der Waals surface area contributed by atoms with E-state index in [0.717, 1.165) is 24.1 Å². The minimum Gasteiger partial charge on any atom is -0.466 e. The van der Waals surface area contributed by atoms with Crippen molar-refractivity contribution >= 4 is 17.6 Å². The van der Waals surface area contributed by atoms with E-state index in [-0.39, 0.29) is 24.7 Å². The van der Waals surface area contributed by atoms with Crippen LogP contribution in [0.1, 0.15) is 102 Å². The molecule has 164 valence electrons. The largest absolute Gasteiger partial charge is 0.466 e. The van der Waals surface area contributed by atoms with Crippen LogP contribution in [0.25, 0.3) is 0 Å². The summed E-state index contributed by atoms with van der Waals surface area (Å²) in [5, 5.41) is 2.80. The molecule has 0 atom stereocenters. The number of ether oxygens (including phenoxy) is 1. The van der Waals surface area contributed by atoms with Crippen LogP contribution in [0.5, 0.6) is 0 Å². The number of anilines is 1. The zero-order valence-electron chi connectivity index (χ0n) is 18.6. The molecule has 0 saturated carbocycles. The summed E-state index contributed by atoms with van der Waals surface area (Å²) in [6, 6.07) is 7.61. The summed E-state index contributed by atoms with van der Waals surface area (Å²) in [7, 11) is 0. The van der Waals surface area contributed by atoms with Gasteiger partial charge in [0.2, 0.25) is 5.91 Å². The molecule has 1 aromatic rings. The van der Waals surface area contributed by atoms with E-state index >= 15 is 0 Å². The number of hydrogen-bond donors (Lipinski definition) is 1. The zero-order valence-corrected chi connectivity index (χ0v) is 18.6. The molecule has 0 fully saturated rings. The first-order valence-corrected chi connectivity index (χ1v) is 11.6.